The Morgan fingerprint density at radius 1 is 1.33 bits per heavy atom. The van der Waals surface area contributed by atoms with Crippen LogP contribution in [0.2, 0.25) is 0 Å². The van der Waals surface area contributed by atoms with Gasteiger partial charge in [-0.15, -0.1) is 0 Å². The third-order valence-corrected chi connectivity index (χ3v) is 4.41. The van der Waals surface area contributed by atoms with Crippen LogP contribution >= 0.6 is 0 Å². The third-order valence-electron chi connectivity index (χ3n) is 4.41. The molecule has 2 saturated carbocycles. The first-order chi connectivity index (χ1) is 7.15. The molecule has 3 unspecified atom stereocenters. The summed E-state index contributed by atoms with van der Waals surface area (Å²) >= 11 is 0. The summed E-state index contributed by atoms with van der Waals surface area (Å²) in [5.41, 5.74) is -0.429. The number of nitrogens with one attached hydrogen (secondary N) is 1. The van der Waals surface area contributed by atoms with Crippen LogP contribution in [-0.4, -0.2) is 23.3 Å². The molecular weight excluding hydrogens is 186 g/mol. The van der Waals surface area contributed by atoms with Crippen LogP contribution < -0.4 is 5.32 Å². The van der Waals surface area contributed by atoms with E-state index in [2.05, 4.69) is 19.2 Å². The van der Waals surface area contributed by atoms with Gasteiger partial charge in [0, 0.05) is 6.04 Å². The molecule has 2 nitrogen and oxygen atoms in total. The van der Waals surface area contributed by atoms with Crippen molar-refractivity contribution in [1.82, 2.24) is 5.32 Å². The zero-order chi connectivity index (χ0) is 10.9. The lowest BCUT2D eigenvalue weighted by Crippen LogP contribution is -2.51. The average Bonchev–Trinajstić information content (AvgIpc) is 3.01. The van der Waals surface area contributed by atoms with Crippen LogP contribution in [0.3, 0.4) is 0 Å². The van der Waals surface area contributed by atoms with E-state index in [1.54, 1.807) is 0 Å². The first-order valence-electron chi connectivity index (χ1n) is 6.61. The van der Waals surface area contributed by atoms with Crippen molar-refractivity contribution in [2.45, 2.75) is 64.0 Å². The molecule has 2 aliphatic rings. The molecule has 2 N–H and O–H groups in total. The largest absolute Gasteiger partial charge is 0.388 e. The van der Waals surface area contributed by atoms with Crippen LogP contribution in [-0.2, 0) is 0 Å². The Hall–Kier alpha value is -0.0800. The van der Waals surface area contributed by atoms with Gasteiger partial charge in [-0.25, -0.2) is 0 Å². The summed E-state index contributed by atoms with van der Waals surface area (Å²) in [6.45, 7) is 5.21. The van der Waals surface area contributed by atoms with Crippen LogP contribution in [0.1, 0.15) is 52.4 Å². The van der Waals surface area contributed by atoms with E-state index in [1.165, 1.54) is 25.7 Å². The van der Waals surface area contributed by atoms with Gasteiger partial charge in [0.05, 0.1) is 5.60 Å². The van der Waals surface area contributed by atoms with Gasteiger partial charge in [-0.1, -0.05) is 13.3 Å². The number of rotatable bonds is 4. The van der Waals surface area contributed by atoms with Crippen molar-refractivity contribution in [2.75, 3.05) is 6.54 Å². The Balaban J connectivity index is 1.93. The minimum Gasteiger partial charge on any atom is -0.388 e. The van der Waals surface area contributed by atoms with E-state index < -0.39 is 5.60 Å². The highest BCUT2D eigenvalue weighted by atomic mass is 16.3. The van der Waals surface area contributed by atoms with Gasteiger partial charge >= 0.3 is 0 Å². The van der Waals surface area contributed by atoms with E-state index in [0.29, 0.717) is 0 Å². The molecule has 2 rings (SSSR count). The van der Waals surface area contributed by atoms with E-state index in [-0.39, 0.29) is 6.04 Å². The molecule has 2 aliphatic carbocycles. The maximum Gasteiger partial charge on any atom is 0.0800 e. The molecule has 3 atom stereocenters. The first-order valence-corrected chi connectivity index (χ1v) is 6.61. The highest BCUT2D eigenvalue weighted by molar-refractivity contribution is 4.97. The monoisotopic (exact) mass is 211 g/mol. The van der Waals surface area contributed by atoms with Crippen molar-refractivity contribution < 1.29 is 5.11 Å². The normalized spacial score (nSPS) is 39.0. The second-order valence-electron chi connectivity index (χ2n) is 5.58. The molecule has 0 aromatic carbocycles. The van der Waals surface area contributed by atoms with Crippen LogP contribution in [0.15, 0.2) is 0 Å². The predicted octanol–water partition coefficient (Wildman–Crippen LogP) is 2.32. The van der Waals surface area contributed by atoms with E-state index >= 15 is 0 Å². The van der Waals surface area contributed by atoms with E-state index in [9.17, 15) is 5.11 Å². The Bertz CT molecular complexity index is 215. The Kier molecular flexibility index (Phi) is 3.36. The summed E-state index contributed by atoms with van der Waals surface area (Å²) in [4.78, 5) is 0. The highest BCUT2D eigenvalue weighted by Crippen LogP contribution is 2.47. The first kappa shape index (κ1) is 11.4. The highest BCUT2D eigenvalue weighted by Gasteiger charge is 2.43. The van der Waals surface area contributed by atoms with Crippen LogP contribution in [0.25, 0.3) is 0 Å². The van der Waals surface area contributed by atoms with E-state index in [4.69, 9.17) is 0 Å². The predicted molar refractivity (Wildman–Crippen MR) is 62.8 cm³/mol. The van der Waals surface area contributed by atoms with Gasteiger partial charge < -0.3 is 10.4 Å². The molecule has 0 aromatic rings. The summed E-state index contributed by atoms with van der Waals surface area (Å²) in [5, 5.41) is 14.0. The minimum atomic E-state index is -0.429. The number of hydrogen-bond acceptors (Lipinski definition) is 2. The lowest BCUT2D eigenvalue weighted by Gasteiger charge is -2.41. The zero-order valence-electron chi connectivity index (χ0n) is 10.1. The fraction of sp³-hybridized carbons (Fsp3) is 1.00. The second-order valence-corrected chi connectivity index (χ2v) is 5.58. The molecule has 0 aliphatic heterocycles. The molecule has 88 valence electrons. The van der Waals surface area contributed by atoms with Crippen molar-refractivity contribution in [3.05, 3.63) is 0 Å². The summed E-state index contributed by atoms with van der Waals surface area (Å²) in [5.74, 6) is 1.76. The van der Waals surface area contributed by atoms with Crippen LogP contribution in [0.4, 0.5) is 0 Å². The Morgan fingerprint density at radius 2 is 2.07 bits per heavy atom. The third kappa shape index (κ3) is 2.54. The van der Waals surface area contributed by atoms with Gasteiger partial charge in [-0.2, -0.15) is 0 Å². The SMILES string of the molecule is CCNC(C)C1(O)CCCC(C2CC2)C1. The smallest absolute Gasteiger partial charge is 0.0800 e. The van der Waals surface area contributed by atoms with Crippen LogP contribution in [0, 0.1) is 11.8 Å². The fourth-order valence-electron chi connectivity index (χ4n) is 3.19. The maximum absolute atomic E-state index is 10.7. The second kappa shape index (κ2) is 4.42. The molecule has 0 saturated heterocycles. The van der Waals surface area contributed by atoms with Gasteiger partial charge in [0.2, 0.25) is 0 Å². The zero-order valence-corrected chi connectivity index (χ0v) is 10.1. The quantitative estimate of drug-likeness (QED) is 0.748. The standard InChI is InChI=1S/C13H25NO/c1-3-14-10(2)13(15)8-4-5-12(9-13)11-6-7-11/h10-12,14-15H,3-9H2,1-2H3. The number of hydrogen-bond donors (Lipinski definition) is 2. The van der Waals surface area contributed by atoms with Gasteiger partial charge in [0.15, 0.2) is 0 Å². The van der Waals surface area contributed by atoms with E-state index in [0.717, 1.165) is 31.2 Å². The van der Waals surface area contributed by atoms with Crippen molar-refractivity contribution in [1.29, 1.82) is 0 Å². The molecule has 0 aromatic heterocycles. The van der Waals surface area contributed by atoms with Gasteiger partial charge in [-0.3, -0.25) is 0 Å². The van der Waals surface area contributed by atoms with Gasteiger partial charge in [-0.05, 0) is 57.4 Å². The molecule has 2 heteroatoms. The van der Waals surface area contributed by atoms with Crippen molar-refractivity contribution in [2.24, 2.45) is 11.8 Å². The molecule has 15 heavy (non-hydrogen) atoms. The molecule has 0 heterocycles. The van der Waals surface area contributed by atoms with Gasteiger partial charge in [0.1, 0.15) is 0 Å². The molecule has 0 radical (unpaired) electrons. The lowest BCUT2D eigenvalue weighted by molar-refractivity contribution is -0.0455. The van der Waals surface area contributed by atoms with Crippen molar-refractivity contribution in [3.8, 4) is 0 Å². The molecule has 2 fully saturated rings. The maximum atomic E-state index is 10.7. The summed E-state index contributed by atoms with van der Waals surface area (Å²) in [6, 6.07) is 0.254. The van der Waals surface area contributed by atoms with Crippen LogP contribution in [0.5, 0.6) is 0 Å². The average molecular weight is 211 g/mol. The van der Waals surface area contributed by atoms with Gasteiger partial charge in [0.25, 0.3) is 0 Å². The van der Waals surface area contributed by atoms with Crippen molar-refractivity contribution >= 4 is 0 Å². The Labute approximate surface area is 93.5 Å². The molecule has 0 amide bonds. The van der Waals surface area contributed by atoms with Crippen molar-refractivity contribution in [3.63, 3.8) is 0 Å². The number of aliphatic hydroxyl groups is 1. The molecular formula is C13H25NO. The topological polar surface area (TPSA) is 32.3 Å². The summed E-state index contributed by atoms with van der Waals surface area (Å²) in [7, 11) is 0. The lowest BCUT2D eigenvalue weighted by atomic mass is 9.73. The van der Waals surface area contributed by atoms with E-state index in [1.807, 2.05) is 0 Å². The minimum absolute atomic E-state index is 0.254. The number of likely N-dealkylation sites (N-methyl/N-ethyl adjacent to an activating group) is 1. The fourth-order valence-corrected chi connectivity index (χ4v) is 3.19. The Morgan fingerprint density at radius 3 is 2.67 bits per heavy atom. The summed E-state index contributed by atoms with van der Waals surface area (Å²) < 4.78 is 0. The molecule has 0 spiro atoms. The summed E-state index contributed by atoms with van der Waals surface area (Å²) in [6.07, 6.45) is 7.42. The molecule has 0 bridgehead atoms.